The van der Waals surface area contributed by atoms with E-state index in [4.69, 9.17) is 10.2 Å². The van der Waals surface area contributed by atoms with Gasteiger partial charge in [0.15, 0.2) is 0 Å². The molecule has 0 aliphatic rings. The van der Waals surface area contributed by atoms with E-state index in [0.29, 0.717) is 6.54 Å². The van der Waals surface area contributed by atoms with Crippen LogP contribution in [0.1, 0.15) is 38.5 Å². The van der Waals surface area contributed by atoms with Crippen LogP contribution in [-0.4, -0.2) is 17.5 Å². The van der Waals surface area contributed by atoms with Crippen LogP contribution >= 0.6 is 0 Å². The molecule has 2 N–H and O–H groups in total. The minimum absolute atomic E-state index is 0.158. The molecule has 0 fully saturated rings. The number of fused-ring (bicyclic) bond motifs is 1. The number of nitrogens with two attached hydrogens (primary N) is 1. The Bertz CT molecular complexity index is 557. The minimum Gasteiger partial charge on any atom is -0.459 e. The van der Waals surface area contributed by atoms with Crippen LogP contribution in [-0.2, 0) is 13.1 Å². The minimum atomic E-state index is 0.158. The molecule has 104 valence electrons. The lowest BCUT2D eigenvalue weighted by Gasteiger charge is -2.34. The van der Waals surface area contributed by atoms with Gasteiger partial charge in [0.2, 0.25) is 0 Å². The molecule has 0 spiro atoms. The maximum atomic E-state index is 5.98. The maximum absolute atomic E-state index is 5.98. The molecule has 0 radical (unpaired) electrons. The van der Waals surface area contributed by atoms with Crippen molar-refractivity contribution in [2.45, 2.75) is 45.8 Å². The summed E-state index contributed by atoms with van der Waals surface area (Å²) in [6, 6.07) is 8.11. The summed E-state index contributed by atoms with van der Waals surface area (Å²) in [6.45, 7) is 8.02. The molecule has 0 bridgehead atoms. The molecular weight excluding hydrogens is 236 g/mol. The van der Waals surface area contributed by atoms with Crippen LogP contribution in [0, 0.1) is 0 Å². The van der Waals surface area contributed by atoms with Gasteiger partial charge in [0.1, 0.15) is 11.3 Å². The zero-order valence-electron chi connectivity index (χ0n) is 12.4. The first-order valence-corrected chi connectivity index (χ1v) is 6.90. The van der Waals surface area contributed by atoms with Gasteiger partial charge in [-0.2, -0.15) is 0 Å². The average Bonchev–Trinajstić information content (AvgIpc) is 2.75. The van der Waals surface area contributed by atoms with Crippen LogP contribution in [0.4, 0.5) is 0 Å². The summed E-state index contributed by atoms with van der Waals surface area (Å²) in [5, 5.41) is 1.14. The Morgan fingerprint density at radius 1 is 1.26 bits per heavy atom. The van der Waals surface area contributed by atoms with Crippen LogP contribution in [0.2, 0.25) is 0 Å². The van der Waals surface area contributed by atoms with E-state index in [1.807, 2.05) is 18.2 Å². The molecule has 0 aliphatic carbocycles. The highest BCUT2D eigenvalue weighted by molar-refractivity contribution is 5.82. The van der Waals surface area contributed by atoms with Crippen molar-refractivity contribution < 1.29 is 4.42 Å². The monoisotopic (exact) mass is 260 g/mol. The van der Waals surface area contributed by atoms with E-state index < -0.39 is 0 Å². The Morgan fingerprint density at radius 2 is 1.95 bits per heavy atom. The Labute approximate surface area is 115 Å². The molecule has 0 aliphatic heterocycles. The van der Waals surface area contributed by atoms with Crippen molar-refractivity contribution >= 4 is 11.0 Å². The Morgan fingerprint density at radius 3 is 2.58 bits per heavy atom. The molecule has 1 heterocycles. The lowest BCUT2D eigenvalue weighted by Crippen LogP contribution is -2.39. The fourth-order valence-corrected chi connectivity index (χ4v) is 2.20. The van der Waals surface area contributed by atoms with E-state index in [2.05, 4.69) is 38.8 Å². The first-order valence-electron chi connectivity index (χ1n) is 6.90. The molecule has 1 aromatic carbocycles. The summed E-state index contributed by atoms with van der Waals surface area (Å²) in [5.74, 6) is 0.993. The average molecular weight is 260 g/mol. The zero-order valence-corrected chi connectivity index (χ0v) is 12.4. The lowest BCUT2D eigenvalue weighted by molar-refractivity contribution is 0.133. The highest BCUT2D eigenvalue weighted by Gasteiger charge is 2.23. The van der Waals surface area contributed by atoms with Gasteiger partial charge in [0, 0.05) is 23.0 Å². The second-order valence-electron chi connectivity index (χ2n) is 5.73. The molecule has 3 heteroatoms. The second kappa shape index (κ2) is 5.35. The first-order chi connectivity index (χ1) is 8.99. The van der Waals surface area contributed by atoms with Gasteiger partial charge in [-0.25, -0.2) is 0 Å². The second-order valence-corrected chi connectivity index (χ2v) is 5.73. The number of hydrogen-bond acceptors (Lipinski definition) is 3. The summed E-state index contributed by atoms with van der Waals surface area (Å²) in [6.07, 6.45) is 1.10. The fraction of sp³-hybridized carbons (Fsp3) is 0.500. The molecular formula is C16H24N2O. The Kier molecular flexibility index (Phi) is 3.97. The van der Waals surface area contributed by atoms with E-state index in [1.54, 1.807) is 0 Å². The molecule has 2 aromatic rings. The van der Waals surface area contributed by atoms with Gasteiger partial charge in [-0.05, 0) is 33.4 Å². The number of rotatable bonds is 5. The predicted octanol–water partition coefficient (Wildman–Crippen LogP) is 3.51. The first kappa shape index (κ1) is 14.1. The van der Waals surface area contributed by atoms with E-state index in [-0.39, 0.29) is 5.54 Å². The van der Waals surface area contributed by atoms with E-state index >= 15 is 0 Å². The van der Waals surface area contributed by atoms with Gasteiger partial charge in [0.25, 0.3) is 0 Å². The molecule has 1 aromatic heterocycles. The fourth-order valence-electron chi connectivity index (χ4n) is 2.20. The Balaban J connectivity index is 2.35. The lowest BCUT2D eigenvalue weighted by atomic mass is 9.99. The van der Waals surface area contributed by atoms with Gasteiger partial charge >= 0.3 is 0 Å². The van der Waals surface area contributed by atoms with Crippen molar-refractivity contribution in [3.63, 3.8) is 0 Å². The van der Waals surface area contributed by atoms with Crippen molar-refractivity contribution in [3.05, 3.63) is 35.6 Å². The van der Waals surface area contributed by atoms with Crippen molar-refractivity contribution in [3.8, 4) is 0 Å². The molecule has 0 amide bonds. The Hall–Kier alpha value is -1.32. The third-order valence-corrected chi connectivity index (χ3v) is 4.27. The molecule has 2 rings (SSSR count). The molecule has 0 saturated carbocycles. The third kappa shape index (κ3) is 2.67. The van der Waals surface area contributed by atoms with Crippen LogP contribution in [0.15, 0.2) is 28.7 Å². The van der Waals surface area contributed by atoms with Gasteiger partial charge in [-0.15, -0.1) is 0 Å². The summed E-state index contributed by atoms with van der Waals surface area (Å²) in [4.78, 5) is 2.32. The standard InChI is InChI=1S/C16H24N2O/c1-5-16(2,3)18(4)11-15-13(10-17)12-8-6-7-9-14(12)19-15/h6-9H,5,10-11,17H2,1-4H3. The highest BCUT2D eigenvalue weighted by atomic mass is 16.3. The number of hydrogen-bond donors (Lipinski definition) is 1. The maximum Gasteiger partial charge on any atom is 0.134 e. The predicted molar refractivity (Wildman–Crippen MR) is 79.9 cm³/mol. The molecule has 0 atom stereocenters. The van der Waals surface area contributed by atoms with Crippen molar-refractivity contribution in [1.29, 1.82) is 0 Å². The smallest absolute Gasteiger partial charge is 0.134 e. The molecule has 3 nitrogen and oxygen atoms in total. The summed E-state index contributed by atoms with van der Waals surface area (Å²) in [7, 11) is 2.14. The molecule has 0 saturated heterocycles. The van der Waals surface area contributed by atoms with Gasteiger partial charge in [0.05, 0.1) is 6.54 Å². The largest absolute Gasteiger partial charge is 0.459 e. The normalized spacial score (nSPS) is 12.5. The van der Waals surface area contributed by atoms with Crippen molar-refractivity contribution in [2.75, 3.05) is 7.05 Å². The number of furan rings is 1. The summed E-state index contributed by atoms with van der Waals surface area (Å²) >= 11 is 0. The van der Waals surface area contributed by atoms with E-state index in [9.17, 15) is 0 Å². The van der Waals surface area contributed by atoms with Crippen LogP contribution in [0.25, 0.3) is 11.0 Å². The van der Waals surface area contributed by atoms with Crippen LogP contribution < -0.4 is 5.73 Å². The molecule has 19 heavy (non-hydrogen) atoms. The number of benzene rings is 1. The topological polar surface area (TPSA) is 42.4 Å². The number of para-hydroxylation sites is 1. The molecule has 0 unspecified atom stereocenters. The SMILES string of the molecule is CCC(C)(C)N(C)Cc1oc2ccccc2c1CN. The highest BCUT2D eigenvalue weighted by Crippen LogP contribution is 2.28. The van der Waals surface area contributed by atoms with Crippen LogP contribution in [0.3, 0.4) is 0 Å². The summed E-state index contributed by atoms with van der Waals surface area (Å²) in [5.41, 5.74) is 8.12. The van der Waals surface area contributed by atoms with Crippen LogP contribution in [0.5, 0.6) is 0 Å². The van der Waals surface area contributed by atoms with Gasteiger partial charge < -0.3 is 10.2 Å². The third-order valence-electron chi connectivity index (χ3n) is 4.27. The van der Waals surface area contributed by atoms with Crippen molar-refractivity contribution in [2.24, 2.45) is 5.73 Å². The van der Waals surface area contributed by atoms with E-state index in [0.717, 1.165) is 35.3 Å². The quantitative estimate of drug-likeness (QED) is 0.894. The zero-order chi connectivity index (χ0) is 14.0. The van der Waals surface area contributed by atoms with Gasteiger partial charge in [-0.1, -0.05) is 25.1 Å². The van der Waals surface area contributed by atoms with E-state index in [1.165, 1.54) is 0 Å². The number of nitrogens with zero attached hydrogens (tertiary/aromatic N) is 1. The van der Waals surface area contributed by atoms with Crippen molar-refractivity contribution in [1.82, 2.24) is 4.90 Å². The van der Waals surface area contributed by atoms with Gasteiger partial charge in [-0.3, -0.25) is 4.90 Å². The summed E-state index contributed by atoms with van der Waals surface area (Å²) < 4.78 is 5.98.